The number of ether oxygens (including phenoxy) is 1. The molecule has 0 saturated carbocycles. The molecule has 3 rings (SSSR count). The van der Waals surface area contributed by atoms with Gasteiger partial charge in [-0.05, 0) is 13.3 Å². The smallest absolute Gasteiger partial charge is 0.317 e. The first-order valence-corrected chi connectivity index (χ1v) is 7.65. The molecule has 2 unspecified atom stereocenters. The molecule has 1 aromatic rings. The summed E-state index contributed by atoms with van der Waals surface area (Å²) >= 11 is 1.06. The molecule has 0 spiro atoms. The summed E-state index contributed by atoms with van der Waals surface area (Å²) in [5.41, 5.74) is 1.23. The van der Waals surface area contributed by atoms with Gasteiger partial charge >= 0.3 is 5.97 Å². The summed E-state index contributed by atoms with van der Waals surface area (Å²) < 4.78 is 5.43. The largest absolute Gasteiger partial charge is 0.480 e. The average Bonchev–Trinajstić information content (AvgIpc) is 2.51. The molecular formula is C16H14O5S. The van der Waals surface area contributed by atoms with Gasteiger partial charge in [0.2, 0.25) is 0 Å². The topological polar surface area (TPSA) is 80.7 Å². The van der Waals surface area contributed by atoms with E-state index >= 15 is 0 Å². The maximum atomic E-state index is 12.8. The molecule has 22 heavy (non-hydrogen) atoms. The summed E-state index contributed by atoms with van der Waals surface area (Å²) in [5, 5.41) is 8.49. The van der Waals surface area contributed by atoms with Crippen molar-refractivity contribution in [3.8, 4) is 0 Å². The van der Waals surface area contributed by atoms with Crippen molar-refractivity contribution < 1.29 is 24.2 Å². The highest BCUT2D eigenvalue weighted by atomic mass is 32.2. The van der Waals surface area contributed by atoms with Gasteiger partial charge in [-0.3, -0.25) is 14.4 Å². The number of hydrogen-bond acceptors (Lipinski definition) is 5. The number of thioether (sulfide) groups is 1. The summed E-state index contributed by atoms with van der Waals surface area (Å²) in [6, 6.07) is 6.61. The van der Waals surface area contributed by atoms with E-state index in [9.17, 15) is 19.5 Å². The van der Waals surface area contributed by atoms with Gasteiger partial charge in [-0.2, -0.15) is 0 Å². The average molecular weight is 318 g/mol. The van der Waals surface area contributed by atoms with Crippen LogP contribution in [0.25, 0.3) is 0 Å². The monoisotopic (exact) mass is 318 g/mol. The third kappa shape index (κ3) is 2.02. The Bertz CT molecular complexity index is 736. The summed E-state index contributed by atoms with van der Waals surface area (Å²) in [6.07, 6.45) is 0.0349. The Morgan fingerprint density at radius 1 is 1.27 bits per heavy atom. The van der Waals surface area contributed by atoms with Crippen LogP contribution in [0.1, 0.15) is 34.1 Å². The van der Waals surface area contributed by atoms with Crippen LogP contribution in [-0.2, 0) is 9.53 Å². The second-order valence-electron chi connectivity index (χ2n) is 5.36. The molecule has 5 nitrogen and oxygen atoms in total. The molecule has 2 aliphatic rings. The van der Waals surface area contributed by atoms with Crippen molar-refractivity contribution in [2.45, 2.75) is 23.5 Å². The lowest BCUT2D eigenvalue weighted by atomic mass is 9.80. The van der Waals surface area contributed by atoms with Crippen LogP contribution in [-0.4, -0.2) is 39.9 Å². The standard InChI is InChI=1S/C16H14O5S/c1-16(21-2)12-10(7-11(22-16)15(19)20)13(17)8-5-3-4-6-9(8)14(12)18/h3-6,11H,7H2,1-2H3,(H,19,20). The zero-order valence-corrected chi connectivity index (χ0v) is 12.9. The molecule has 1 heterocycles. The van der Waals surface area contributed by atoms with Gasteiger partial charge in [-0.25, -0.2) is 0 Å². The first-order chi connectivity index (χ1) is 10.4. The molecule has 0 amide bonds. The van der Waals surface area contributed by atoms with E-state index in [4.69, 9.17) is 4.74 Å². The van der Waals surface area contributed by atoms with Crippen LogP contribution in [0, 0.1) is 0 Å². The predicted molar refractivity (Wildman–Crippen MR) is 81.2 cm³/mol. The number of fused-ring (bicyclic) bond motifs is 1. The van der Waals surface area contributed by atoms with Crippen LogP contribution >= 0.6 is 11.8 Å². The lowest BCUT2D eigenvalue weighted by molar-refractivity contribution is -0.136. The van der Waals surface area contributed by atoms with Gasteiger partial charge in [0.15, 0.2) is 11.6 Å². The van der Waals surface area contributed by atoms with E-state index in [1.807, 2.05) is 0 Å². The van der Waals surface area contributed by atoms with Gasteiger partial charge in [0.25, 0.3) is 0 Å². The number of carboxylic acids is 1. The quantitative estimate of drug-likeness (QED) is 0.901. The Morgan fingerprint density at radius 3 is 2.41 bits per heavy atom. The van der Waals surface area contributed by atoms with Crippen molar-refractivity contribution in [2.24, 2.45) is 0 Å². The zero-order valence-electron chi connectivity index (χ0n) is 12.1. The van der Waals surface area contributed by atoms with Gasteiger partial charge in [0, 0.05) is 29.4 Å². The number of Topliss-reactive ketones (excluding diaryl/α,β-unsaturated/α-hetero) is 2. The highest BCUT2D eigenvalue weighted by molar-refractivity contribution is 8.02. The Hall–Kier alpha value is -1.92. The zero-order chi connectivity index (χ0) is 16.1. The number of allylic oxidation sites excluding steroid dienone is 1. The first-order valence-electron chi connectivity index (χ1n) is 6.77. The molecule has 1 aliphatic heterocycles. The fourth-order valence-electron chi connectivity index (χ4n) is 2.95. The number of methoxy groups -OCH3 is 1. The molecule has 6 heteroatoms. The van der Waals surface area contributed by atoms with E-state index in [2.05, 4.69) is 0 Å². The molecule has 1 aliphatic carbocycles. The number of ketones is 2. The second-order valence-corrected chi connectivity index (χ2v) is 6.94. The summed E-state index contributed by atoms with van der Waals surface area (Å²) in [4.78, 5) is 35.7. The summed E-state index contributed by atoms with van der Waals surface area (Å²) in [7, 11) is 1.42. The molecule has 114 valence electrons. The van der Waals surface area contributed by atoms with Crippen LogP contribution in [0.3, 0.4) is 0 Å². The van der Waals surface area contributed by atoms with Crippen molar-refractivity contribution in [1.29, 1.82) is 0 Å². The van der Waals surface area contributed by atoms with Gasteiger partial charge < -0.3 is 9.84 Å². The van der Waals surface area contributed by atoms with Gasteiger partial charge in [-0.15, -0.1) is 11.8 Å². The maximum Gasteiger partial charge on any atom is 0.317 e. The van der Waals surface area contributed by atoms with Crippen LogP contribution in [0.4, 0.5) is 0 Å². The van der Waals surface area contributed by atoms with E-state index in [1.165, 1.54) is 7.11 Å². The molecule has 2 atom stereocenters. The molecule has 0 aromatic heterocycles. The molecule has 0 radical (unpaired) electrons. The maximum absolute atomic E-state index is 12.8. The fourth-order valence-corrected chi connectivity index (χ4v) is 4.27. The van der Waals surface area contributed by atoms with E-state index in [1.54, 1.807) is 31.2 Å². The van der Waals surface area contributed by atoms with Crippen molar-refractivity contribution in [1.82, 2.24) is 0 Å². The second kappa shape index (κ2) is 5.07. The predicted octanol–water partition coefficient (Wildman–Crippen LogP) is 2.31. The van der Waals surface area contributed by atoms with E-state index in [-0.39, 0.29) is 29.1 Å². The number of carbonyl (C=O) groups is 3. The minimum atomic E-state index is -1.14. The third-order valence-electron chi connectivity index (χ3n) is 4.09. The Labute approximate surface area is 131 Å². The minimum Gasteiger partial charge on any atom is -0.480 e. The summed E-state index contributed by atoms with van der Waals surface area (Å²) in [6.45, 7) is 1.64. The highest BCUT2D eigenvalue weighted by Gasteiger charge is 2.49. The van der Waals surface area contributed by atoms with Crippen molar-refractivity contribution in [2.75, 3.05) is 7.11 Å². The Balaban J connectivity index is 2.22. The fraction of sp³-hybridized carbons (Fsp3) is 0.312. The van der Waals surface area contributed by atoms with Crippen molar-refractivity contribution in [3.63, 3.8) is 0 Å². The van der Waals surface area contributed by atoms with E-state index in [0.29, 0.717) is 11.1 Å². The Morgan fingerprint density at radius 2 is 1.86 bits per heavy atom. The molecule has 0 fully saturated rings. The van der Waals surface area contributed by atoms with Gasteiger partial charge in [0.1, 0.15) is 10.2 Å². The third-order valence-corrected chi connectivity index (χ3v) is 5.57. The number of carbonyl (C=O) groups excluding carboxylic acids is 2. The normalized spacial score (nSPS) is 27.5. The van der Waals surface area contributed by atoms with Crippen molar-refractivity contribution in [3.05, 3.63) is 46.5 Å². The van der Waals surface area contributed by atoms with Crippen LogP contribution in [0.2, 0.25) is 0 Å². The number of carboxylic acid groups (broad SMARTS) is 1. The molecular weight excluding hydrogens is 304 g/mol. The van der Waals surface area contributed by atoms with Crippen LogP contribution in [0.5, 0.6) is 0 Å². The Kier molecular flexibility index (Phi) is 3.45. The molecule has 1 aromatic carbocycles. The van der Waals surface area contributed by atoms with Crippen LogP contribution < -0.4 is 0 Å². The number of benzene rings is 1. The number of hydrogen-bond donors (Lipinski definition) is 1. The lowest BCUT2D eigenvalue weighted by Gasteiger charge is -2.39. The lowest BCUT2D eigenvalue weighted by Crippen LogP contribution is -2.43. The number of aliphatic carboxylic acids is 1. The van der Waals surface area contributed by atoms with E-state index < -0.39 is 16.2 Å². The highest BCUT2D eigenvalue weighted by Crippen LogP contribution is 2.48. The molecule has 0 saturated heterocycles. The van der Waals surface area contributed by atoms with Crippen LogP contribution in [0.15, 0.2) is 35.4 Å². The van der Waals surface area contributed by atoms with E-state index in [0.717, 1.165) is 11.8 Å². The molecule has 1 N–H and O–H groups in total. The number of rotatable bonds is 2. The SMILES string of the molecule is COC1(C)SC(C(=O)O)CC2=C1C(=O)c1ccccc1C2=O. The van der Waals surface area contributed by atoms with Gasteiger partial charge in [-0.1, -0.05) is 24.3 Å². The van der Waals surface area contributed by atoms with Gasteiger partial charge in [0.05, 0.1) is 0 Å². The minimum absolute atomic E-state index is 0.0349. The molecule has 0 bridgehead atoms. The first kappa shape index (κ1) is 15.0. The van der Waals surface area contributed by atoms with Crippen molar-refractivity contribution >= 4 is 29.3 Å². The summed E-state index contributed by atoms with van der Waals surface area (Å²) in [5.74, 6) is -1.55.